The minimum absolute atomic E-state index is 0.0483. The number of thiazole rings is 1. The summed E-state index contributed by atoms with van der Waals surface area (Å²) in [6.45, 7) is 4.38. The number of non-ortho nitro benzene ring substituents is 1. The summed E-state index contributed by atoms with van der Waals surface area (Å²) in [5, 5.41) is 28.4. The Morgan fingerprint density at radius 1 is 0.952 bits per heavy atom. The van der Waals surface area contributed by atoms with Gasteiger partial charge in [0.1, 0.15) is 16.9 Å². The minimum atomic E-state index is -0.729. The molecule has 0 fully saturated rings. The summed E-state index contributed by atoms with van der Waals surface area (Å²) in [4.78, 5) is 42.5. The number of esters is 1. The van der Waals surface area contributed by atoms with Gasteiger partial charge in [0.25, 0.3) is 5.69 Å². The summed E-state index contributed by atoms with van der Waals surface area (Å²) in [5.41, 5.74) is 1.53. The van der Waals surface area contributed by atoms with E-state index in [-0.39, 0.29) is 23.6 Å². The molecule has 13 heteroatoms. The molecule has 0 bridgehead atoms. The van der Waals surface area contributed by atoms with E-state index in [1.54, 1.807) is 6.92 Å². The molecule has 12 nitrogen and oxygen atoms in total. The zero-order chi connectivity index (χ0) is 29.8. The first-order valence-corrected chi connectivity index (χ1v) is 13.7. The standard InChI is InChI=1S/C29H24N6O6S/c1-3-32(20-13-9-6-10-14-20)29-30-25(19-11-7-5-8-12-19)27(42-29)26-22(28(36)41-4-2)18-33(31-26)23-16-15-21(34(37)38)17-24(23)35(39)40/h5-18H,3-4H2,1-2H3. The van der Waals surface area contributed by atoms with Crippen molar-refractivity contribution in [3.63, 3.8) is 0 Å². The molecular weight excluding hydrogens is 560 g/mol. The van der Waals surface area contributed by atoms with Crippen molar-refractivity contribution in [1.29, 1.82) is 0 Å². The highest BCUT2D eigenvalue weighted by Crippen LogP contribution is 2.43. The summed E-state index contributed by atoms with van der Waals surface area (Å²) in [6, 6.07) is 22.4. The first kappa shape index (κ1) is 28.1. The minimum Gasteiger partial charge on any atom is -0.462 e. The van der Waals surface area contributed by atoms with Crippen molar-refractivity contribution in [3.8, 4) is 27.5 Å². The molecule has 0 saturated heterocycles. The molecular formula is C29H24N6O6S. The Hall–Kier alpha value is -5.43. The van der Waals surface area contributed by atoms with Gasteiger partial charge in [0.05, 0.1) is 33.1 Å². The second-order valence-corrected chi connectivity index (χ2v) is 9.84. The number of hydrogen-bond donors (Lipinski definition) is 0. The summed E-state index contributed by atoms with van der Waals surface area (Å²) < 4.78 is 6.49. The molecule has 0 spiro atoms. The van der Waals surface area contributed by atoms with E-state index in [9.17, 15) is 25.0 Å². The number of nitro groups is 2. The number of benzene rings is 3. The average Bonchev–Trinajstić information content (AvgIpc) is 3.64. The van der Waals surface area contributed by atoms with E-state index in [0.717, 1.165) is 23.4 Å². The van der Waals surface area contributed by atoms with Gasteiger partial charge < -0.3 is 9.64 Å². The highest BCUT2D eigenvalue weighted by molar-refractivity contribution is 7.19. The van der Waals surface area contributed by atoms with Crippen molar-refractivity contribution in [2.45, 2.75) is 13.8 Å². The van der Waals surface area contributed by atoms with Gasteiger partial charge in [0.15, 0.2) is 5.13 Å². The van der Waals surface area contributed by atoms with Crippen LogP contribution in [0.4, 0.5) is 22.2 Å². The van der Waals surface area contributed by atoms with Crippen molar-refractivity contribution in [2.75, 3.05) is 18.1 Å². The fraction of sp³-hybridized carbons (Fsp3) is 0.138. The molecule has 5 rings (SSSR count). The molecule has 0 unspecified atom stereocenters. The van der Waals surface area contributed by atoms with E-state index in [1.165, 1.54) is 28.3 Å². The summed E-state index contributed by atoms with van der Waals surface area (Å²) in [5.74, 6) is -0.673. The van der Waals surface area contributed by atoms with Crippen LogP contribution in [-0.2, 0) is 4.74 Å². The van der Waals surface area contributed by atoms with Crippen LogP contribution < -0.4 is 4.90 Å². The number of nitrogens with zero attached hydrogens (tertiary/aromatic N) is 6. The maximum absolute atomic E-state index is 13.2. The van der Waals surface area contributed by atoms with Gasteiger partial charge in [-0.1, -0.05) is 59.9 Å². The van der Waals surface area contributed by atoms with Gasteiger partial charge in [-0.3, -0.25) is 20.2 Å². The predicted octanol–water partition coefficient (Wildman–Crippen LogP) is 6.81. The number of carbonyl (C=O) groups is 1. The lowest BCUT2D eigenvalue weighted by atomic mass is 10.1. The number of hydrogen-bond acceptors (Lipinski definition) is 10. The van der Waals surface area contributed by atoms with Crippen LogP contribution in [-0.4, -0.2) is 43.7 Å². The number of nitro benzene ring substituents is 2. The molecule has 0 aliphatic carbocycles. The topological polar surface area (TPSA) is 147 Å². The summed E-state index contributed by atoms with van der Waals surface area (Å²) in [6.07, 6.45) is 1.34. The van der Waals surface area contributed by atoms with Crippen LogP contribution in [0.2, 0.25) is 0 Å². The van der Waals surface area contributed by atoms with Gasteiger partial charge in [-0.15, -0.1) is 0 Å². The molecule has 0 amide bonds. The highest BCUT2D eigenvalue weighted by atomic mass is 32.1. The van der Waals surface area contributed by atoms with Crippen molar-refractivity contribution in [2.24, 2.45) is 0 Å². The van der Waals surface area contributed by atoms with Crippen LogP contribution in [0.25, 0.3) is 27.5 Å². The number of carbonyl (C=O) groups excluding carboxylic acids is 1. The maximum Gasteiger partial charge on any atom is 0.342 e. The lowest BCUT2D eigenvalue weighted by Gasteiger charge is -2.19. The molecule has 0 atom stereocenters. The van der Waals surface area contributed by atoms with Gasteiger partial charge in [-0.2, -0.15) is 5.10 Å². The van der Waals surface area contributed by atoms with Crippen LogP contribution in [0.15, 0.2) is 85.1 Å². The monoisotopic (exact) mass is 584 g/mol. The van der Waals surface area contributed by atoms with Crippen molar-refractivity contribution < 1.29 is 19.4 Å². The van der Waals surface area contributed by atoms with E-state index < -0.39 is 27.2 Å². The van der Waals surface area contributed by atoms with Crippen LogP contribution in [0.5, 0.6) is 0 Å². The number of para-hydroxylation sites is 1. The van der Waals surface area contributed by atoms with E-state index in [1.807, 2.05) is 72.5 Å². The van der Waals surface area contributed by atoms with Gasteiger partial charge in [-0.25, -0.2) is 14.5 Å². The van der Waals surface area contributed by atoms with Crippen molar-refractivity contribution >= 4 is 39.5 Å². The normalized spacial score (nSPS) is 10.8. The Morgan fingerprint density at radius 3 is 2.26 bits per heavy atom. The SMILES string of the molecule is CCOC(=O)c1cn(-c2ccc([N+](=O)[O-])cc2[N+](=O)[O-])nc1-c1sc(N(CC)c2ccccc2)nc1-c1ccccc1. The Balaban J connectivity index is 1.75. The number of rotatable bonds is 10. The van der Waals surface area contributed by atoms with E-state index in [4.69, 9.17) is 9.72 Å². The molecule has 0 aliphatic rings. The van der Waals surface area contributed by atoms with E-state index >= 15 is 0 Å². The van der Waals surface area contributed by atoms with Crippen molar-refractivity contribution in [1.82, 2.24) is 14.8 Å². The second kappa shape index (κ2) is 12.0. The largest absolute Gasteiger partial charge is 0.462 e. The Bertz CT molecular complexity index is 1770. The van der Waals surface area contributed by atoms with Crippen molar-refractivity contribution in [3.05, 3.63) is 111 Å². The van der Waals surface area contributed by atoms with Gasteiger partial charge >= 0.3 is 11.7 Å². The molecule has 3 aromatic carbocycles. The van der Waals surface area contributed by atoms with Gasteiger partial charge in [-0.05, 0) is 32.0 Å². The molecule has 2 heterocycles. The van der Waals surface area contributed by atoms with Crippen LogP contribution >= 0.6 is 11.3 Å². The Morgan fingerprint density at radius 2 is 1.64 bits per heavy atom. The first-order chi connectivity index (χ1) is 20.3. The molecule has 0 saturated carbocycles. The fourth-order valence-corrected chi connectivity index (χ4v) is 5.57. The van der Waals surface area contributed by atoms with Gasteiger partial charge in [0, 0.05) is 30.1 Å². The molecule has 212 valence electrons. The predicted molar refractivity (Wildman–Crippen MR) is 158 cm³/mol. The maximum atomic E-state index is 13.2. The van der Waals surface area contributed by atoms with Crippen LogP contribution in [0.3, 0.4) is 0 Å². The fourth-order valence-electron chi connectivity index (χ4n) is 4.40. The summed E-state index contributed by atoms with van der Waals surface area (Å²) in [7, 11) is 0. The highest BCUT2D eigenvalue weighted by Gasteiger charge is 2.29. The quantitative estimate of drug-likeness (QED) is 0.0980. The third-order valence-electron chi connectivity index (χ3n) is 6.32. The van der Waals surface area contributed by atoms with E-state index in [2.05, 4.69) is 5.10 Å². The summed E-state index contributed by atoms with van der Waals surface area (Å²) >= 11 is 1.32. The molecule has 0 N–H and O–H groups in total. The smallest absolute Gasteiger partial charge is 0.342 e. The number of ether oxygens (including phenoxy) is 1. The molecule has 0 radical (unpaired) electrons. The first-order valence-electron chi connectivity index (χ1n) is 12.9. The number of anilines is 2. The molecule has 5 aromatic rings. The molecule has 42 heavy (non-hydrogen) atoms. The lowest BCUT2D eigenvalue weighted by Crippen LogP contribution is -2.15. The van der Waals surface area contributed by atoms with Crippen LogP contribution in [0, 0.1) is 20.2 Å². The van der Waals surface area contributed by atoms with Gasteiger partial charge in [0.2, 0.25) is 0 Å². The second-order valence-electron chi connectivity index (χ2n) is 8.86. The molecule has 0 aliphatic heterocycles. The Kier molecular flexibility index (Phi) is 8.02. The zero-order valence-electron chi connectivity index (χ0n) is 22.5. The number of aromatic nitrogens is 3. The third-order valence-corrected chi connectivity index (χ3v) is 7.40. The lowest BCUT2D eigenvalue weighted by molar-refractivity contribution is -0.394. The molecule has 2 aromatic heterocycles. The average molecular weight is 585 g/mol. The zero-order valence-corrected chi connectivity index (χ0v) is 23.4. The third kappa shape index (κ3) is 5.45. The van der Waals surface area contributed by atoms with Crippen LogP contribution in [0.1, 0.15) is 24.2 Å². The van der Waals surface area contributed by atoms with E-state index in [0.29, 0.717) is 22.2 Å². The Labute approximate surface area is 243 Å².